The monoisotopic (exact) mass is 275 g/mol. The van der Waals surface area contributed by atoms with Crippen molar-refractivity contribution in [3.05, 3.63) is 23.9 Å². The number of pyridine rings is 1. The largest absolute Gasteiger partial charge is 0.477 e. The zero-order valence-corrected chi connectivity index (χ0v) is 11.6. The number of hydrogen-bond donors (Lipinski definition) is 2. The summed E-state index contributed by atoms with van der Waals surface area (Å²) in [5.41, 5.74) is 0.995. The number of ether oxygens (including phenoxy) is 1. The van der Waals surface area contributed by atoms with Gasteiger partial charge in [-0.2, -0.15) is 0 Å². The van der Waals surface area contributed by atoms with Crippen molar-refractivity contribution in [2.24, 2.45) is 5.92 Å². The Morgan fingerprint density at radius 1 is 1.40 bits per heavy atom. The Kier molecular flexibility index (Phi) is 4.16. The fraction of sp³-hybridized carbons (Fsp3) is 0.600. The van der Waals surface area contributed by atoms with E-state index in [4.69, 9.17) is 4.74 Å². The average molecular weight is 275 g/mol. The minimum Gasteiger partial charge on any atom is -0.477 e. The maximum Gasteiger partial charge on any atom is 0.237 e. The molecule has 3 rings (SSSR count). The molecule has 1 saturated carbocycles. The molecule has 1 aromatic rings. The molecule has 0 spiro atoms. The highest BCUT2D eigenvalue weighted by Crippen LogP contribution is 2.29. The van der Waals surface area contributed by atoms with Crippen LogP contribution in [0.4, 0.5) is 0 Å². The van der Waals surface area contributed by atoms with Crippen LogP contribution < -0.4 is 15.4 Å². The quantitative estimate of drug-likeness (QED) is 0.820. The van der Waals surface area contributed by atoms with Crippen LogP contribution in [-0.4, -0.2) is 30.1 Å². The van der Waals surface area contributed by atoms with Crippen LogP contribution in [0.1, 0.15) is 31.2 Å². The third-order valence-corrected chi connectivity index (χ3v) is 3.80. The standard InChI is InChI=1S/C15H21N3O2/c19-15(13-2-1-7-16-13)18-9-12-5-6-14(17-8-12)20-10-11-3-4-11/h5-6,8,11,13,16H,1-4,7,9-10H2,(H,18,19). The Morgan fingerprint density at radius 3 is 2.95 bits per heavy atom. The summed E-state index contributed by atoms with van der Waals surface area (Å²) in [6.07, 6.45) is 6.33. The molecule has 2 fully saturated rings. The summed E-state index contributed by atoms with van der Waals surface area (Å²) in [7, 11) is 0. The minimum absolute atomic E-state index is 0.0240. The summed E-state index contributed by atoms with van der Waals surface area (Å²) in [5, 5.41) is 6.13. The lowest BCUT2D eigenvalue weighted by atomic mass is 10.2. The molecule has 2 N–H and O–H groups in total. The van der Waals surface area contributed by atoms with Gasteiger partial charge in [0.1, 0.15) is 0 Å². The van der Waals surface area contributed by atoms with Crippen LogP contribution in [0, 0.1) is 5.92 Å². The van der Waals surface area contributed by atoms with E-state index in [0.29, 0.717) is 12.4 Å². The van der Waals surface area contributed by atoms with Crippen molar-refractivity contribution in [3.63, 3.8) is 0 Å². The van der Waals surface area contributed by atoms with Crippen molar-refractivity contribution in [3.8, 4) is 5.88 Å². The van der Waals surface area contributed by atoms with Crippen LogP contribution >= 0.6 is 0 Å². The fourth-order valence-corrected chi connectivity index (χ4v) is 2.31. The van der Waals surface area contributed by atoms with Crippen LogP contribution in [-0.2, 0) is 11.3 Å². The molecule has 1 aliphatic heterocycles. The van der Waals surface area contributed by atoms with Gasteiger partial charge in [0, 0.05) is 18.8 Å². The molecule has 2 heterocycles. The highest BCUT2D eigenvalue weighted by Gasteiger charge is 2.22. The van der Waals surface area contributed by atoms with Crippen LogP contribution in [0.25, 0.3) is 0 Å². The average Bonchev–Trinajstić information content (AvgIpc) is 3.15. The molecule has 0 radical (unpaired) electrons. The lowest BCUT2D eigenvalue weighted by Gasteiger charge is -2.11. The molecule has 1 atom stereocenters. The van der Waals surface area contributed by atoms with Gasteiger partial charge in [0.25, 0.3) is 0 Å². The van der Waals surface area contributed by atoms with Crippen molar-refractivity contribution in [2.45, 2.75) is 38.3 Å². The van der Waals surface area contributed by atoms with Crippen LogP contribution in [0.5, 0.6) is 5.88 Å². The lowest BCUT2D eigenvalue weighted by Crippen LogP contribution is -2.40. The van der Waals surface area contributed by atoms with Gasteiger partial charge in [0.15, 0.2) is 0 Å². The molecule has 2 aliphatic rings. The van der Waals surface area contributed by atoms with E-state index in [1.54, 1.807) is 6.20 Å². The molecule has 20 heavy (non-hydrogen) atoms. The van der Waals surface area contributed by atoms with Gasteiger partial charge in [-0.15, -0.1) is 0 Å². The number of nitrogens with zero attached hydrogens (tertiary/aromatic N) is 1. The molecule has 0 bridgehead atoms. The third kappa shape index (κ3) is 3.70. The second-order valence-electron chi connectivity index (χ2n) is 5.63. The molecular formula is C15H21N3O2. The van der Waals surface area contributed by atoms with Gasteiger partial charge in [-0.05, 0) is 43.7 Å². The Labute approximate surface area is 119 Å². The van der Waals surface area contributed by atoms with Gasteiger partial charge >= 0.3 is 0 Å². The fourth-order valence-electron chi connectivity index (χ4n) is 2.31. The zero-order chi connectivity index (χ0) is 13.8. The SMILES string of the molecule is O=C(NCc1ccc(OCC2CC2)nc1)C1CCCN1. The topological polar surface area (TPSA) is 63.2 Å². The third-order valence-electron chi connectivity index (χ3n) is 3.80. The first kappa shape index (κ1) is 13.4. The Bertz CT molecular complexity index is 451. The van der Waals surface area contributed by atoms with E-state index in [9.17, 15) is 4.79 Å². The van der Waals surface area contributed by atoms with Crippen molar-refractivity contribution in [2.75, 3.05) is 13.2 Å². The summed E-state index contributed by atoms with van der Waals surface area (Å²) in [5.74, 6) is 1.48. The predicted molar refractivity (Wildman–Crippen MR) is 75.3 cm³/mol. The van der Waals surface area contributed by atoms with Crippen LogP contribution in [0.3, 0.4) is 0 Å². The highest BCUT2D eigenvalue weighted by atomic mass is 16.5. The number of amides is 1. The molecule has 1 saturated heterocycles. The van der Waals surface area contributed by atoms with Crippen LogP contribution in [0.2, 0.25) is 0 Å². The molecule has 0 aromatic carbocycles. The van der Waals surface area contributed by atoms with Crippen molar-refractivity contribution >= 4 is 5.91 Å². The van der Waals surface area contributed by atoms with Gasteiger partial charge < -0.3 is 15.4 Å². The van der Waals surface area contributed by atoms with E-state index in [1.807, 2.05) is 12.1 Å². The molecule has 5 heteroatoms. The lowest BCUT2D eigenvalue weighted by molar-refractivity contribution is -0.122. The number of nitrogens with one attached hydrogen (secondary N) is 2. The second kappa shape index (κ2) is 6.22. The first-order valence-electron chi connectivity index (χ1n) is 7.40. The van der Waals surface area contributed by atoms with E-state index in [-0.39, 0.29) is 11.9 Å². The minimum atomic E-state index is -0.0240. The number of carbonyl (C=O) groups excluding carboxylic acids is 1. The Balaban J connectivity index is 1.43. The van der Waals surface area contributed by atoms with E-state index < -0.39 is 0 Å². The zero-order valence-electron chi connectivity index (χ0n) is 11.6. The summed E-state index contributed by atoms with van der Waals surface area (Å²) in [4.78, 5) is 16.1. The number of carbonyl (C=O) groups is 1. The van der Waals surface area contributed by atoms with Crippen LogP contribution in [0.15, 0.2) is 18.3 Å². The van der Waals surface area contributed by atoms with E-state index in [1.165, 1.54) is 12.8 Å². The summed E-state index contributed by atoms with van der Waals surface area (Å²) < 4.78 is 5.58. The maximum atomic E-state index is 11.9. The van der Waals surface area contributed by atoms with Crippen molar-refractivity contribution < 1.29 is 9.53 Å². The molecular weight excluding hydrogens is 254 g/mol. The summed E-state index contributed by atoms with van der Waals surface area (Å²) in [6.45, 7) is 2.23. The Morgan fingerprint density at radius 2 is 2.30 bits per heavy atom. The van der Waals surface area contributed by atoms with Gasteiger partial charge in [0.05, 0.1) is 12.6 Å². The van der Waals surface area contributed by atoms with Crippen molar-refractivity contribution in [1.29, 1.82) is 0 Å². The number of rotatable bonds is 6. The molecule has 1 aromatic heterocycles. The normalized spacial score (nSPS) is 21.7. The highest BCUT2D eigenvalue weighted by molar-refractivity contribution is 5.81. The molecule has 1 unspecified atom stereocenters. The second-order valence-corrected chi connectivity index (χ2v) is 5.63. The summed E-state index contributed by atoms with van der Waals surface area (Å²) in [6, 6.07) is 3.80. The van der Waals surface area contributed by atoms with Gasteiger partial charge in [-0.3, -0.25) is 4.79 Å². The molecule has 1 amide bonds. The smallest absolute Gasteiger partial charge is 0.237 e. The first-order chi connectivity index (χ1) is 9.81. The first-order valence-corrected chi connectivity index (χ1v) is 7.40. The molecule has 1 aliphatic carbocycles. The maximum absolute atomic E-state index is 11.9. The molecule has 5 nitrogen and oxygen atoms in total. The number of aromatic nitrogens is 1. The van der Waals surface area contributed by atoms with E-state index in [2.05, 4.69) is 15.6 Å². The number of hydrogen-bond acceptors (Lipinski definition) is 4. The predicted octanol–water partition coefficient (Wildman–Crippen LogP) is 1.24. The van der Waals surface area contributed by atoms with Gasteiger partial charge in [-0.1, -0.05) is 6.07 Å². The van der Waals surface area contributed by atoms with Gasteiger partial charge in [0.2, 0.25) is 11.8 Å². The van der Waals surface area contributed by atoms with E-state index >= 15 is 0 Å². The van der Waals surface area contributed by atoms with Gasteiger partial charge in [-0.25, -0.2) is 4.98 Å². The molecule has 108 valence electrons. The van der Waals surface area contributed by atoms with E-state index in [0.717, 1.165) is 37.5 Å². The van der Waals surface area contributed by atoms with Crippen molar-refractivity contribution in [1.82, 2.24) is 15.6 Å². The Hall–Kier alpha value is -1.62. The summed E-state index contributed by atoms with van der Waals surface area (Å²) >= 11 is 0.